The molecule has 0 unspecified atom stereocenters. The minimum atomic E-state index is -0.208. The number of hydrogen-bond acceptors (Lipinski definition) is 7. The van der Waals surface area contributed by atoms with Crippen LogP contribution in [0.5, 0.6) is 0 Å². The highest BCUT2D eigenvalue weighted by Crippen LogP contribution is 2.28. The van der Waals surface area contributed by atoms with Crippen molar-refractivity contribution in [3.8, 4) is 0 Å². The minimum absolute atomic E-state index is 0.0614. The molecule has 0 saturated carbocycles. The molecule has 0 aliphatic rings. The Morgan fingerprint density at radius 1 is 1.38 bits per heavy atom. The Labute approximate surface area is 108 Å². The average molecular weight is 278 g/mol. The fourth-order valence-corrected chi connectivity index (χ4v) is 3.55. The van der Waals surface area contributed by atoms with Gasteiger partial charge in [0.1, 0.15) is 0 Å². The molecule has 1 aromatic heterocycles. The van der Waals surface area contributed by atoms with Crippen molar-refractivity contribution in [3.05, 3.63) is 0 Å². The number of nitrogens with zero attached hydrogens (tertiary/aromatic N) is 2. The molecular weight excluding hydrogens is 264 g/mol. The molecule has 0 fully saturated rings. The molecule has 1 aromatic rings. The first-order chi connectivity index (χ1) is 7.61. The Balaban J connectivity index is 2.33. The standard InChI is InChI=1S/C9H14N2O2S3/c1-4-14-8-10-11-9(16-8)15-5-7(12)13-6(2)3/h6H,4-5H2,1-3H3. The Kier molecular flexibility index (Phi) is 6.15. The molecule has 0 amide bonds. The summed E-state index contributed by atoms with van der Waals surface area (Å²) in [6.45, 7) is 5.74. The van der Waals surface area contributed by atoms with Gasteiger partial charge in [0.15, 0.2) is 8.68 Å². The van der Waals surface area contributed by atoms with Crippen LogP contribution in [-0.4, -0.2) is 33.8 Å². The third-order valence-corrected chi connectivity index (χ3v) is 4.38. The lowest BCUT2D eigenvalue weighted by Gasteiger charge is -2.05. The van der Waals surface area contributed by atoms with Crippen LogP contribution in [0.3, 0.4) is 0 Å². The van der Waals surface area contributed by atoms with E-state index in [4.69, 9.17) is 4.74 Å². The molecule has 1 heterocycles. The third kappa shape index (κ3) is 5.18. The van der Waals surface area contributed by atoms with Crippen molar-refractivity contribution in [1.29, 1.82) is 0 Å². The number of carbonyl (C=O) groups excluding carboxylic acids is 1. The summed E-state index contributed by atoms with van der Waals surface area (Å²) < 4.78 is 6.78. The van der Waals surface area contributed by atoms with E-state index in [0.717, 1.165) is 14.4 Å². The fourth-order valence-electron chi connectivity index (χ4n) is 0.855. The normalized spacial score (nSPS) is 10.8. The summed E-state index contributed by atoms with van der Waals surface area (Å²) in [7, 11) is 0. The summed E-state index contributed by atoms with van der Waals surface area (Å²) in [5, 5.41) is 7.99. The number of hydrogen-bond donors (Lipinski definition) is 0. The van der Waals surface area contributed by atoms with Crippen molar-refractivity contribution in [3.63, 3.8) is 0 Å². The quantitative estimate of drug-likeness (QED) is 0.589. The maximum absolute atomic E-state index is 11.3. The largest absolute Gasteiger partial charge is 0.462 e. The number of ether oxygens (including phenoxy) is 1. The molecule has 0 N–H and O–H groups in total. The van der Waals surface area contributed by atoms with E-state index in [0.29, 0.717) is 5.75 Å². The highest BCUT2D eigenvalue weighted by Gasteiger charge is 2.09. The second-order valence-corrected chi connectivity index (χ2v) is 6.81. The molecule has 0 aromatic carbocycles. The monoisotopic (exact) mass is 278 g/mol. The maximum atomic E-state index is 11.3. The van der Waals surface area contributed by atoms with Gasteiger partial charge in [0.25, 0.3) is 0 Å². The summed E-state index contributed by atoms with van der Waals surface area (Å²) in [6, 6.07) is 0. The first kappa shape index (κ1) is 13.8. The lowest BCUT2D eigenvalue weighted by Crippen LogP contribution is -2.13. The van der Waals surface area contributed by atoms with Gasteiger partial charge >= 0.3 is 5.97 Å². The molecule has 0 saturated heterocycles. The number of rotatable bonds is 6. The fraction of sp³-hybridized carbons (Fsp3) is 0.667. The molecule has 0 aliphatic heterocycles. The van der Waals surface area contributed by atoms with E-state index in [-0.39, 0.29) is 12.1 Å². The van der Waals surface area contributed by atoms with E-state index in [1.165, 1.54) is 23.1 Å². The summed E-state index contributed by atoms with van der Waals surface area (Å²) >= 11 is 4.54. The van der Waals surface area contributed by atoms with Crippen LogP contribution < -0.4 is 0 Å². The van der Waals surface area contributed by atoms with Crippen LogP contribution in [0.15, 0.2) is 8.68 Å². The van der Waals surface area contributed by atoms with Crippen LogP contribution in [0.25, 0.3) is 0 Å². The predicted octanol–water partition coefficient (Wildman–Crippen LogP) is 2.69. The van der Waals surface area contributed by atoms with Crippen LogP contribution in [0, 0.1) is 0 Å². The van der Waals surface area contributed by atoms with Gasteiger partial charge < -0.3 is 4.74 Å². The lowest BCUT2D eigenvalue weighted by molar-refractivity contribution is -0.144. The van der Waals surface area contributed by atoms with Gasteiger partial charge in [-0.25, -0.2) is 0 Å². The van der Waals surface area contributed by atoms with Gasteiger partial charge in [-0.3, -0.25) is 4.79 Å². The van der Waals surface area contributed by atoms with E-state index in [2.05, 4.69) is 17.1 Å². The van der Waals surface area contributed by atoms with Gasteiger partial charge in [-0.1, -0.05) is 41.8 Å². The number of esters is 1. The van der Waals surface area contributed by atoms with E-state index < -0.39 is 0 Å². The highest BCUT2D eigenvalue weighted by atomic mass is 32.2. The smallest absolute Gasteiger partial charge is 0.316 e. The Bertz CT molecular complexity index is 341. The van der Waals surface area contributed by atoms with Gasteiger partial charge in [0.2, 0.25) is 0 Å². The Hall–Kier alpha value is -0.270. The van der Waals surface area contributed by atoms with Gasteiger partial charge in [-0.2, -0.15) is 0 Å². The molecule has 1 rings (SSSR count). The molecule has 0 spiro atoms. The van der Waals surface area contributed by atoms with Gasteiger partial charge in [-0.05, 0) is 19.6 Å². The summed E-state index contributed by atoms with van der Waals surface area (Å²) in [4.78, 5) is 11.3. The van der Waals surface area contributed by atoms with E-state index in [1.807, 2.05) is 13.8 Å². The molecule has 0 bridgehead atoms. The maximum Gasteiger partial charge on any atom is 0.316 e. The topological polar surface area (TPSA) is 52.1 Å². The van der Waals surface area contributed by atoms with Crippen molar-refractivity contribution in [2.75, 3.05) is 11.5 Å². The molecule has 4 nitrogen and oxygen atoms in total. The Morgan fingerprint density at radius 3 is 2.56 bits per heavy atom. The zero-order valence-corrected chi connectivity index (χ0v) is 11.9. The van der Waals surface area contributed by atoms with Crippen LogP contribution in [0.4, 0.5) is 0 Å². The van der Waals surface area contributed by atoms with Crippen LogP contribution in [0.2, 0.25) is 0 Å². The first-order valence-electron chi connectivity index (χ1n) is 4.90. The molecule has 16 heavy (non-hydrogen) atoms. The molecule has 0 radical (unpaired) electrons. The van der Waals surface area contributed by atoms with Crippen LogP contribution in [-0.2, 0) is 9.53 Å². The molecule has 0 atom stereocenters. The number of carbonyl (C=O) groups is 1. The zero-order chi connectivity index (χ0) is 12.0. The van der Waals surface area contributed by atoms with E-state index in [1.54, 1.807) is 11.8 Å². The number of aromatic nitrogens is 2. The van der Waals surface area contributed by atoms with Crippen LogP contribution >= 0.6 is 34.9 Å². The minimum Gasteiger partial charge on any atom is -0.462 e. The zero-order valence-electron chi connectivity index (χ0n) is 9.43. The van der Waals surface area contributed by atoms with Crippen molar-refractivity contribution in [2.24, 2.45) is 0 Å². The van der Waals surface area contributed by atoms with E-state index in [9.17, 15) is 4.79 Å². The second kappa shape index (κ2) is 7.13. The molecule has 0 aliphatic carbocycles. The highest BCUT2D eigenvalue weighted by molar-refractivity contribution is 8.03. The summed E-state index contributed by atoms with van der Waals surface area (Å²) in [6.07, 6.45) is -0.0614. The summed E-state index contributed by atoms with van der Waals surface area (Å²) in [5.74, 6) is 1.07. The molecule has 7 heteroatoms. The average Bonchev–Trinajstić information content (AvgIpc) is 2.62. The number of thioether (sulfide) groups is 2. The van der Waals surface area contributed by atoms with Crippen molar-refractivity contribution in [1.82, 2.24) is 10.2 Å². The lowest BCUT2D eigenvalue weighted by atomic mass is 10.5. The van der Waals surface area contributed by atoms with E-state index >= 15 is 0 Å². The van der Waals surface area contributed by atoms with Gasteiger partial charge in [0, 0.05) is 0 Å². The molecule has 90 valence electrons. The summed E-state index contributed by atoms with van der Waals surface area (Å²) in [5.41, 5.74) is 0. The first-order valence-corrected chi connectivity index (χ1v) is 7.69. The second-order valence-electron chi connectivity index (χ2n) is 3.09. The van der Waals surface area contributed by atoms with Crippen LogP contribution in [0.1, 0.15) is 20.8 Å². The van der Waals surface area contributed by atoms with Gasteiger partial charge in [0.05, 0.1) is 11.9 Å². The van der Waals surface area contributed by atoms with Crippen molar-refractivity contribution in [2.45, 2.75) is 35.6 Å². The SMILES string of the molecule is CCSc1nnc(SCC(=O)OC(C)C)s1. The molecular formula is C9H14N2O2S3. The van der Waals surface area contributed by atoms with Crippen molar-refractivity contribution < 1.29 is 9.53 Å². The van der Waals surface area contributed by atoms with Gasteiger partial charge in [-0.15, -0.1) is 10.2 Å². The third-order valence-electron chi connectivity index (χ3n) is 1.34. The Morgan fingerprint density at radius 2 is 2.00 bits per heavy atom. The predicted molar refractivity (Wildman–Crippen MR) is 68.3 cm³/mol. The van der Waals surface area contributed by atoms with Crippen molar-refractivity contribution >= 4 is 40.8 Å².